The number of rotatable bonds is 6. The van der Waals surface area contributed by atoms with Gasteiger partial charge in [-0.25, -0.2) is 4.79 Å². The zero-order chi connectivity index (χ0) is 17.6. The molecule has 0 aliphatic carbocycles. The molecule has 0 aliphatic heterocycles. The topological polar surface area (TPSA) is 81.1 Å². The van der Waals surface area contributed by atoms with Crippen LogP contribution in [0.25, 0.3) is 0 Å². The van der Waals surface area contributed by atoms with Gasteiger partial charge >= 0.3 is 6.03 Å². The van der Waals surface area contributed by atoms with Gasteiger partial charge in [0, 0.05) is 13.1 Å². The number of carbonyl (C=O) groups excluding carboxylic acids is 1. The van der Waals surface area contributed by atoms with Crippen LogP contribution in [0.4, 0.5) is 4.79 Å². The Morgan fingerprint density at radius 3 is 2.46 bits per heavy atom. The van der Waals surface area contributed by atoms with Crippen molar-refractivity contribution in [2.45, 2.75) is 52.9 Å². The highest BCUT2D eigenvalue weighted by Gasteiger charge is 2.11. The summed E-state index contributed by atoms with van der Waals surface area (Å²) in [5.74, 6) is 1.55. The minimum atomic E-state index is -0.240. The predicted molar refractivity (Wildman–Crippen MR) is 91.6 cm³/mol. The van der Waals surface area contributed by atoms with Crippen molar-refractivity contribution in [3.8, 4) is 5.75 Å². The Morgan fingerprint density at radius 2 is 1.83 bits per heavy atom. The third kappa shape index (κ3) is 5.57. The number of hydrogen-bond acceptors (Lipinski definition) is 4. The first-order chi connectivity index (χ1) is 11.4. The Morgan fingerprint density at radius 1 is 1.17 bits per heavy atom. The van der Waals surface area contributed by atoms with Crippen molar-refractivity contribution in [2.24, 2.45) is 0 Å². The van der Waals surface area contributed by atoms with Gasteiger partial charge in [-0.2, -0.15) is 0 Å². The lowest BCUT2D eigenvalue weighted by Crippen LogP contribution is -2.35. The highest BCUT2D eigenvalue weighted by atomic mass is 16.5. The van der Waals surface area contributed by atoms with E-state index in [1.165, 1.54) is 0 Å². The van der Waals surface area contributed by atoms with Crippen molar-refractivity contribution in [1.82, 2.24) is 25.4 Å². The number of benzene rings is 1. The van der Waals surface area contributed by atoms with Crippen molar-refractivity contribution in [2.75, 3.05) is 0 Å². The minimum absolute atomic E-state index is 0.224. The Labute approximate surface area is 142 Å². The number of aromatic nitrogens is 3. The lowest BCUT2D eigenvalue weighted by atomic mass is 10.1. The van der Waals surface area contributed by atoms with Crippen LogP contribution in [0.3, 0.4) is 0 Å². The molecular formula is C17H25N5O2. The van der Waals surface area contributed by atoms with Gasteiger partial charge < -0.3 is 19.9 Å². The molecule has 1 heterocycles. The van der Waals surface area contributed by atoms with E-state index in [0.717, 1.165) is 23.7 Å². The first kappa shape index (κ1) is 17.8. The van der Waals surface area contributed by atoms with E-state index in [4.69, 9.17) is 4.74 Å². The number of nitrogens with one attached hydrogen (secondary N) is 2. The van der Waals surface area contributed by atoms with Crippen molar-refractivity contribution in [3.05, 3.63) is 42.0 Å². The van der Waals surface area contributed by atoms with Crippen LogP contribution in [-0.2, 0) is 19.6 Å². The van der Waals surface area contributed by atoms with Gasteiger partial charge in [0.25, 0.3) is 0 Å². The molecule has 1 aromatic heterocycles. The van der Waals surface area contributed by atoms with E-state index in [1.807, 2.05) is 56.5 Å². The van der Waals surface area contributed by atoms with Crippen molar-refractivity contribution in [3.63, 3.8) is 0 Å². The van der Waals surface area contributed by atoms with Crippen molar-refractivity contribution in [1.29, 1.82) is 0 Å². The fourth-order valence-electron chi connectivity index (χ4n) is 2.11. The summed E-state index contributed by atoms with van der Waals surface area (Å²) < 4.78 is 7.65. The number of nitrogens with zero attached hydrogens (tertiary/aromatic N) is 3. The molecule has 0 aliphatic rings. The maximum Gasteiger partial charge on any atom is 0.315 e. The molecule has 0 atom stereocenters. The summed E-state index contributed by atoms with van der Waals surface area (Å²) in [4.78, 5) is 11.9. The van der Waals surface area contributed by atoms with Crippen LogP contribution in [0.15, 0.2) is 30.6 Å². The van der Waals surface area contributed by atoms with E-state index in [0.29, 0.717) is 13.1 Å². The lowest BCUT2D eigenvalue weighted by molar-refractivity contribution is 0.131. The van der Waals surface area contributed by atoms with E-state index in [1.54, 1.807) is 6.33 Å². The van der Waals surface area contributed by atoms with Crippen LogP contribution in [0.5, 0.6) is 5.75 Å². The molecule has 0 bridgehead atoms. The Hall–Kier alpha value is -2.57. The van der Waals surface area contributed by atoms with Gasteiger partial charge in [-0.3, -0.25) is 0 Å². The second-order valence-corrected chi connectivity index (χ2v) is 6.43. The summed E-state index contributed by atoms with van der Waals surface area (Å²) in [5, 5.41) is 13.4. The SMILES string of the molecule is CCn1cnnc1CNC(=O)NCc1ccc(OC(C)(C)C)cc1. The molecule has 2 aromatic rings. The zero-order valence-electron chi connectivity index (χ0n) is 14.7. The summed E-state index contributed by atoms with van der Waals surface area (Å²) in [7, 11) is 0. The summed E-state index contributed by atoms with van der Waals surface area (Å²) in [6, 6.07) is 7.45. The number of aryl methyl sites for hydroxylation is 1. The third-order valence-corrected chi connectivity index (χ3v) is 3.24. The molecule has 2 amide bonds. The van der Waals surface area contributed by atoms with Gasteiger partial charge in [0.2, 0.25) is 0 Å². The molecule has 130 valence electrons. The summed E-state index contributed by atoms with van der Waals surface area (Å²) in [6.45, 7) is 9.58. The van der Waals surface area contributed by atoms with Crippen LogP contribution in [0.1, 0.15) is 39.1 Å². The van der Waals surface area contributed by atoms with Gasteiger partial charge in [0.1, 0.15) is 17.7 Å². The average Bonchev–Trinajstić information content (AvgIpc) is 2.98. The second kappa shape index (κ2) is 7.81. The van der Waals surface area contributed by atoms with Gasteiger partial charge in [-0.15, -0.1) is 10.2 Å². The summed E-state index contributed by atoms with van der Waals surface area (Å²) in [6.07, 6.45) is 1.65. The largest absolute Gasteiger partial charge is 0.488 e. The quantitative estimate of drug-likeness (QED) is 0.852. The molecule has 1 aromatic carbocycles. The molecule has 0 unspecified atom stereocenters. The number of ether oxygens (including phenoxy) is 1. The summed E-state index contributed by atoms with van der Waals surface area (Å²) in [5.41, 5.74) is 0.779. The van der Waals surface area contributed by atoms with Crippen molar-refractivity contribution < 1.29 is 9.53 Å². The highest BCUT2D eigenvalue weighted by molar-refractivity contribution is 5.73. The maximum atomic E-state index is 11.9. The molecule has 2 rings (SSSR count). The van der Waals surface area contributed by atoms with Gasteiger partial charge in [0.05, 0.1) is 6.54 Å². The number of carbonyl (C=O) groups is 1. The fourth-order valence-corrected chi connectivity index (χ4v) is 2.11. The normalized spacial score (nSPS) is 11.2. The monoisotopic (exact) mass is 331 g/mol. The molecule has 0 spiro atoms. The molecule has 2 N–H and O–H groups in total. The second-order valence-electron chi connectivity index (χ2n) is 6.43. The molecule has 0 radical (unpaired) electrons. The minimum Gasteiger partial charge on any atom is -0.488 e. The van der Waals surface area contributed by atoms with Crippen LogP contribution in [0, 0.1) is 0 Å². The number of amides is 2. The molecule has 7 nitrogen and oxygen atoms in total. The maximum absolute atomic E-state index is 11.9. The predicted octanol–water partition coefficient (Wildman–Crippen LogP) is 2.47. The van der Waals surface area contributed by atoms with Crippen LogP contribution in [-0.4, -0.2) is 26.4 Å². The van der Waals surface area contributed by atoms with Crippen molar-refractivity contribution >= 4 is 6.03 Å². The van der Waals surface area contributed by atoms with Crippen LogP contribution < -0.4 is 15.4 Å². The zero-order valence-corrected chi connectivity index (χ0v) is 14.7. The Kier molecular flexibility index (Phi) is 5.78. The number of urea groups is 1. The smallest absolute Gasteiger partial charge is 0.315 e. The fraction of sp³-hybridized carbons (Fsp3) is 0.471. The number of hydrogen-bond donors (Lipinski definition) is 2. The Balaban J connectivity index is 1.77. The van der Waals surface area contributed by atoms with E-state index in [2.05, 4.69) is 20.8 Å². The first-order valence-corrected chi connectivity index (χ1v) is 8.03. The van der Waals surface area contributed by atoms with E-state index < -0.39 is 0 Å². The van der Waals surface area contributed by atoms with E-state index in [-0.39, 0.29) is 11.6 Å². The first-order valence-electron chi connectivity index (χ1n) is 8.03. The third-order valence-electron chi connectivity index (χ3n) is 3.24. The van der Waals surface area contributed by atoms with Gasteiger partial charge in [0.15, 0.2) is 5.82 Å². The molecule has 0 saturated carbocycles. The molecule has 24 heavy (non-hydrogen) atoms. The van der Waals surface area contributed by atoms with E-state index in [9.17, 15) is 4.79 Å². The summed E-state index contributed by atoms with van der Waals surface area (Å²) >= 11 is 0. The lowest BCUT2D eigenvalue weighted by Gasteiger charge is -2.21. The van der Waals surface area contributed by atoms with E-state index >= 15 is 0 Å². The molecule has 7 heteroatoms. The average molecular weight is 331 g/mol. The molecule has 0 saturated heterocycles. The molecule has 0 fully saturated rings. The van der Waals surface area contributed by atoms with Crippen LogP contribution >= 0.6 is 0 Å². The van der Waals surface area contributed by atoms with Crippen LogP contribution in [0.2, 0.25) is 0 Å². The van der Waals surface area contributed by atoms with Gasteiger partial charge in [-0.05, 0) is 45.4 Å². The molecular weight excluding hydrogens is 306 g/mol. The highest BCUT2D eigenvalue weighted by Crippen LogP contribution is 2.18. The standard InChI is InChI=1S/C17H25N5O2/c1-5-22-12-20-21-15(22)11-19-16(23)18-10-13-6-8-14(9-7-13)24-17(2,3)4/h6-9,12H,5,10-11H2,1-4H3,(H2,18,19,23). The van der Waals surface area contributed by atoms with Gasteiger partial charge in [-0.1, -0.05) is 12.1 Å². The Bertz CT molecular complexity index is 658.